The lowest BCUT2D eigenvalue weighted by molar-refractivity contribution is -0.130. The zero-order valence-corrected chi connectivity index (χ0v) is 15.8. The van der Waals surface area contributed by atoms with Crippen LogP contribution in [-0.4, -0.2) is 43.8 Å². The number of hydrogen-bond acceptors (Lipinski definition) is 5. The van der Waals surface area contributed by atoms with Gasteiger partial charge in [-0.1, -0.05) is 0 Å². The zero-order valence-electron chi connectivity index (χ0n) is 15.8. The van der Waals surface area contributed by atoms with Crippen molar-refractivity contribution in [3.63, 3.8) is 0 Å². The van der Waals surface area contributed by atoms with Gasteiger partial charge in [0.1, 0.15) is 17.3 Å². The number of nitrogens with zero attached hydrogens (tertiary/aromatic N) is 4. The molecule has 28 heavy (non-hydrogen) atoms. The first-order valence-corrected chi connectivity index (χ1v) is 9.70. The quantitative estimate of drug-likeness (QED) is 0.562. The first-order chi connectivity index (χ1) is 13.7. The van der Waals surface area contributed by atoms with Crippen molar-refractivity contribution < 1.29 is 4.79 Å². The number of hydrogen-bond donors (Lipinski definition) is 2. The SMILES string of the molecule is CC(=O)N1CCCC(Cc2nc3c([nH]2)-c2ccncc2Nc2ncccc2-3)C1. The highest BCUT2D eigenvalue weighted by molar-refractivity contribution is 5.94. The number of pyridine rings is 2. The average molecular weight is 374 g/mol. The Hall–Kier alpha value is -3.22. The average Bonchev–Trinajstić information content (AvgIpc) is 3.07. The van der Waals surface area contributed by atoms with Crippen molar-refractivity contribution in [2.45, 2.75) is 26.2 Å². The molecule has 1 unspecified atom stereocenters. The number of aromatic amines is 1. The molecular formula is C21H22N6O. The Morgan fingerprint density at radius 3 is 3.11 bits per heavy atom. The van der Waals surface area contributed by atoms with E-state index in [0.717, 1.165) is 72.2 Å². The van der Waals surface area contributed by atoms with Gasteiger partial charge >= 0.3 is 0 Å². The fraction of sp³-hybridized carbons (Fsp3) is 0.333. The van der Waals surface area contributed by atoms with E-state index in [-0.39, 0.29) is 5.91 Å². The molecule has 0 radical (unpaired) electrons. The maximum Gasteiger partial charge on any atom is 0.219 e. The summed E-state index contributed by atoms with van der Waals surface area (Å²) < 4.78 is 0. The molecular weight excluding hydrogens is 352 g/mol. The Morgan fingerprint density at radius 2 is 2.21 bits per heavy atom. The summed E-state index contributed by atoms with van der Waals surface area (Å²) in [6, 6.07) is 5.96. The number of amides is 1. The van der Waals surface area contributed by atoms with Gasteiger partial charge in [-0.25, -0.2) is 9.97 Å². The van der Waals surface area contributed by atoms with E-state index >= 15 is 0 Å². The molecule has 2 aliphatic heterocycles. The normalized spacial score (nSPS) is 17.8. The van der Waals surface area contributed by atoms with Crippen molar-refractivity contribution in [3.05, 3.63) is 42.6 Å². The van der Waals surface area contributed by atoms with Crippen LogP contribution in [0, 0.1) is 5.92 Å². The number of aromatic nitrogens is 4. The second-order valence-electron chi connectivity index (χ2n) is 7.53. The zero-order chi connectivity index (χ0) is 19.1. The molecule has 7 nitrogen and oxygen atoms in total. The fourth-order valence-electron chi connectivity index (χ4n) is 4.24. The summed E-state index contributed by atoms with van der Waals surface area (Å²) in [5.41, 5.74) is 4.83. The molecule has 1 fully saturated rings. The minimum absolute atomic E-state index is 0.160. The van der Waals surface area contributed by atoms with Gasteiger partial charge in [0.25, 0.3) is 0 Å². The van der Waals surface area contributed by atoms with Crippen molar-refractivity contribution in [1.82, 2.24) is 24.8 Å². The second-order valence-corrected chi connectivity index (χ2v) is 7.53. The monoisotopic (exact) mass is 374 g/mol. The molecule has 0 spiro atoms. The van der Waals surface area contributed by atoms with Crippen molar-refractivity contribution in [1.29, 1.82) is 0 Å². The van der Waals surface area contributed by atoms with E-state index in [9.17, 15) is 4.79 Å². The first kappa shape index (κ1) is 16.9. The third kappa shape index (κ3) is 2.93. The maximum absolute atomic E-state index is 11.8. The Kier molecular flexibility index (Phi) is 4.07. The predicted molar refractivity (Wildman–Crippen MR) is 107 cm³/mol. The van der Waals surface area contributed by atoms with Crippen LogP contribution < -0.4 is 5.32 Å². The molecule has 2 aliphatic rings. The number of piperidine rings is 1. The van der Waals surface area contributed by atoms with Gasteiger partial charge in [0.2, 0.25) is 5.91 Å². The molecule has 0 aromatic carbocycles. The minimum atomic E-state index is 0.160. The summed E-state index contributed by atoms with van der Waals surface area (Å²) in [5, 5.41) is 3.38. The van der Waals surface area contributed by atoms with Crippen LogP contribution in [0.2, 0.25) is 0 Å². The van der Waals surface area contributed by atoms with Gasteiger partial charge in [-0.2, -0.15) is 0 Å². The number of anilines is 2. The first-order valence-electron chi connectivity index (χ1n) is 9.70. The summed E-state index contributed by atoms with van der Waals surface area (Å²) >= 11 is 0. The van der Waals surface area contributed by atoms with Crippen molar-refractivity contribution in [2.75, 3.05) is 18.4 Å². The molecule has 3 aromatic heterocycles. The van der Waals surface area contributed by atoms with Gasteiger partial charge < -0.3 is 15.2 Å². The van der Waals surface area contributed by atoms with Gasteiger partial charge in [-0.3, -0.25) is 9.78 Å². The minimum Gasteiger partial charge on any atom is -0.343 e. The molecule has 142 valence electrons. The number of carbonyl (C=O) groups is 1. The van der Waals surface area contributed by atoms with Crippen LogP contribution in [-0.2, 0) is 11.2 Å². The molecule has 7 heteroatoms. The molecule has 1 amide bonds. The van der Waals surface area contributed by atoms with Gasteiger partial charge in [0, 0.05) is 50.0 Å². The maximum atomic E-state index is 11.8. The Labute approximate surface area is 163 Å². The van der Waals surface area contributed by atoms with Crippen LogP contribution in [0.15, 0.2) is 36.8 Å². The highest BCUT2D eigenvalue weighted by Crippen LogP contribution is 2.41. The Balaban J connectivity index is 1.53. The molecule has 3 aromatic rings. The number of fused-ring (bicyclic) bond motifs is 5. The topological polar surface area (TPSA) is 86.8 Å². The number of carbonyl (C=O) groups excluding carboxylic acids is 1. The summed E-state index contributed by atoms with van der Waals surface area (Å²) in [7, 11) is 0. The lowest BCUT2D eigenvalue weighted by Crippen LogP contribution is -2.39. The predicted octanol–water partition coefficient (Wildman–Crippen LogP) is 3.39. The molecule has 0 bridgehead atoms. The summed E-state index contributed by atoms with van der Waals surface area (Å²) in [4.78, 5) is 31.0. The second kappa shape index (κ2) is 6.74. The standard InChI is InChI=1S/C21H22N6O/c1-13(28)27-9-3-4-14(12-27)10-18-25-19-15-6-8-22-11-17(15)24-21-16(20(19)26-18)5-2-7-23-21/h2,5-8,11,14H,3-4,9-10,12H2,1H3,(H,23,24)(H,25,26). The molecule has 2 N–H and O–H groups in total. The van der Waals surface area contributed by atoms with E-state index in [4.69, 9.17) is 4.98 Å². The molecule has 0 saturated carbocycles. The van der Waals surface area contributed by atoms with E-state index < -0.39 is 0 Å². The van der Waals surface area contributed by atoms with Crippen molar-refractivity contribution in [3.8, 4) is 22.5 Å². The van der Waals surface area contributed by atoms with Crippen molar-refractivity contribution >= 4 is 17.4 Å². The lowest BCUT2D eigenvalue weighted by Gasteiger charge is -2.31. The van der Waals surface area contributed by atoms with E-state index in [1.807, 2.05) is 29.3 Å². The third-order valence-electron chi connectivity index (χ3n) is 5.61. The van der Waals surface area contributed by atoms with E-state index in [2.05, 4.69) is 20.3 Å². The van der Waals surface area contributed by atoms with Gasteiger partial charge in [0.05, 0.1) is 17.6 Å². The number of imidazole rings is 1. The van der Waals surface area contributed by atoms with Gasteiger partial charge in [-0.15, -0.1) is 0 Å². The summed E-state index contributed by atoms with van der Waals surface area (Å²) in [6.07, 6.45) is 8.39. The lowest BCUT2D eigenvalue weighted by atomic mass is 9.94. The third-order valence-corrected chi connectivity index (χ3v) is 5.61. The van der Waals surface area contributed by atoms with Gasteiger partial charge in [-0.05, 0) is 37.0 Å². The van der Waals surface area contributed by atoms with Crippen LogP contribution in [0.4, 0.5) is 11.5 Å². The highest BCUT2D eigenvalue weighted by atomic mass is 16.2. The summed E-state index contributed by atoms with van der Waals surface area (Å²) in [6.45, 7) is 3.33. The smallest absolute Gasteiger partial charge is 0.219 e. The number of likely N-dealkylation sites (tertiary alicyclic amines) is 1. The van der Waals surface area contributed by atoms with Crippen molar-refractivity contribution in [2.24, 2.45) is 5.92 Å². The number of H-pyrrole nitrogens is 1. The van der Waals surface area contributed by atoms with Crippen LogP contribution in [0.25, 0.3) is 22.5 Å². The molecule has 0 aliphatic carbocycles. The molecule has 1 atom stereocenters. The number of nitrogens with one attached hydrogen (secondary N) is 2. The van der Waals surface area contributed by atoms with Crippen LogP contribution in [0.3, 0.4) is 0 Å². The van der Waals surface area contributed by atoms with Crippen LogP contribution >= 0.6 is 0 Å². The largest absolute Gasteiger partial charge is 0.343 e. The Bertz CT molecular complexity index is 980. The number of rotatable bonds is 2. The van der Waals surface area contributed by atoms with E-state index in [1.54, 1.807) is 19.3 Å². The van der Waals surface area contributed by atoms with E-state index in [0.29, 0.717) is 5.92 Å². The highest BCUT2D eigenvalue weighted by Gasteiger charge is 2.26. The van der Waals surface area contributed by atoms with Crippen LogP contribution in [0.5, 0.6) is 0 Å². The molecule has 5 rings (SSSR count). The van der Waals surface area contributed by atoms with Gasteiger partial charge in [0.15, 0.2) is 0 Å². The molecule has 5 heterocycles. The summed E-state index contributed by atoms with van der Waals surface area (Å²) in [5.74, 6) is 2.33. The van der Waals surface area contributed by atoms with Crippen LogP contribution in [0.1, 0.15) is 25.6 Å². The van der Waals surface area contributed by atoms with E-state index in [1.165, 1.54) is 0 Å². The fourth-order valence-corrected chi connectivity index (χ4v) is 4.24. The Morgan fingerprint density at radius 1 is 1.29 bits per heavy atom. The molecule has 1 saturated heterocycles.